The normalized spacial score (nSPS) is 14.9. The first-order chi connectivity index (χ1) is 18.0. The fourth-order valence-electron chi connectivity index (χ4n) is 4.19. The molecule has 3 aromatic rings. The summed E-state index contributed by atoms with van der Waals surface area (Å²) in [6, 6.07) is 18.8. The summed E-state index contributed by atoms with van der Waals surface area (Å²) >= 11 is 0. The number of nitrogens with zero attached hydrogens (tertiary/aromatic N) is 1. The summed E-state index contributed by atoms with van der Waals surface area (Å²) in [5.74, 6) is -2.62. The van der Waals surface area contributed by atoms with Gasteiger partial charge in [0.05, 0.1) is 0 Å². The summed E-state index contributed by atoms with van der Waals surface area (Å²) in [7, 11) is 0. The number of H-pyrrole nitrogens is 1. The van der Waals surface area contributed by atoms with Gasteiger partial charge in [-0.15, -0.1) is 0 Å². The Kier molecular flexibility index (Phi) is 9.06. The van der Waals surface area contributed by atoms with Gasteiger partial charge in [0.15, 0.2) is 0 Å². The summed E-state index contributed by atoms with van der Waals surface area (Å²) in [6.07, 6.45) is 0.354. The number of aromatic nitrogens is 1. The van der Waals surface area contributed by atoms with E-state index in [1.165, 1.54) is 6.07 Å². The minimum atomic E-state index is -5.08. The number of carboxylic acid groups (broad SMARTS) is 1. The van der Waals surface area contributed by atoms with Gasteiger partial charge in [0.1, 0.15) is 5.84 Å². The highest BCUT2D eigenvalue weighted by Gasteiger charge is 2.38. The number of hydrogen-bond donors (Lipinski definition) is 4. The van der Waals surface area contributed by atoms with Crippen molar-refractivity contribution in [2.45, 2.75) is 37.9 Å². The fraction of sp³-hybridized carbons (Fsp3) is 0.259. The van der Waals surface area contributed by atoms with Gasteiger partial charge in [-0.1, -0.05) is 30.3 Å². The van der Waals surface area contributed by atoms with Crippen molar-refractivity contribution in [2.24, 2.45) is 5.73 Å². The van der Waals surface area contributed by atoms with Crippen molar-refractivity contribution in [1.82, 2.24) is 9.88 Å². The van der Waals surface area contributed by atoms with Gasteiger partial charge < -0.3 is 20.7 Å². The van der Waals surface area contributed by atoms with Gasteiger partial charge >= 0.3 is 12.1 Å². The molecule has 5 N–H and O–H groups in total. The molecule has 0 aliphatic carbocycles. The Balaban J connectivity index is 0.000000505. The number of halogens is 3. The molecule has 1 aliphatic heterocycles. The Morgan fingerprint density at radius 1 is 1.05 bits per heavy atom. The van der Waals surface area contributed by atoms with Crippen molar-refractivity contribution in [3.05, 3.63) is 93.9 Å². The van der Waals surface area contributed by atoms with Crippen LogP contribution in [0, 0.1) is 5.41 Å². The van der Waals surface area contributed by atoms with Crippen LogP contribution >= 0.6 is 0 Å². The molecule has 0 bridgehead atoms. The standard InChI is InChI=1S/C25H26N4O2.C2HF3O2/c26-24(27)20-4-1-3-17(15-20)6-12-22-5-2-14-29(22)25(31)19-9-7-18(8-10-19)21-11-13-23(30)28-16-21;3-2(4,5)1(6)7/h1,3-4,7-11,13,15-16,22H,2,5-6,12,14H2,(H3,26,27)(H,28,30);(H,6,7). The smallest absolute Gasteiger partial charge is 0.475 e. The van der Waals surface area contributed by atoms with Gasteiger partial charge in [-0.25, -0.2) is 4.79 Å². The maximum Gasteiger partial charge on any atom is 0.490 e. The second-order valence-electron chi connectivity index (χ2n) is 8.77. The van der Waals surface area contributed by atoms with Crippen molar-refractivity contribution in [3.8, 4) is 11.1 Å². The fourth-order valence-corrected chi connectivity index (χ4v) is 4.19. The van der Waals surface area contributed by atoms with Gasteiger partial charge in [0, 0.05) is 36.0 Å². The lowest BCUT2D eigenvalue weighted by Crippen LogP contribution is -2.35. The van der Waals surface area contributed by atoms with Gasteiger partial charge in [-0.3, -0.25) is 15.0 Å². The number of nitrogen functional groups attached to an aromatic ring is 1. The molecule has 1 fully saturated rings. The zero-order chi connectivity index (χ0) is 27.9. The Morgan fingerprint density at radius 3 is 2.29 bits per heavy atom. The summed E-state index contributed by atoms with van der Waals surface area (Å²) in [4.78, 5) is 37.9. The summed E-state index contributed by atoms with van der Waals surface area (Å²) in [6.45, 7) is 0.776. The molecule has 1 aromatic heterocycles. The second-order valence-corrected chi connectivity index (χ2v) is 8.77. The molecule has 0 radical (unpaired) electrons. The number of amides is 1. The predicted octanol–water partition coefficient (Wildman–Crippen LogP) is 4.20. The van der Waals surface area contributed by atoms with Gasteiger partial charge in [-0.05, 0) is 66.6 Å². The highest BCUT2D eigenvalue weighted by molar-refractivity contribution is 5.95. The molecule has 1 saturated heterocycles. The molecular formula is C27H27F3N4O4. The summed E-state index contributed by atoms with van der Waals surface area (Å²) in [5, 5.41) is 14.7. The van der Waals surface area contributed by atoms with Gasteiger partial charge in [-0.2, -0.15) is 13.2 Å². The van der Waals surface area contributed by atoms with Crippen LogP contribution in [0.2, 0.25) is 0 Å². The molecular weight excluding hydrogens is 501 g/mol. The number of hydrogen-bond acceptors (Lipinski definition) is 4. The first kappa shape index (κ1) is 28.2. The van der Waals surface area contributed by atoms with E-state index in [9.17, 15) is 22.8 Å². The Hall–Kier alpha value is -4.41. The third-order valence-electron chi connectivity index (χ3n) is 6.13. The quantitative estimate of drug-likeness (QED) is 0.280. The molecule has 1 amide bonds. The monoisotopic (exact) mass is 528 g/mol. The SMILES string of the molecule is N=C(N)c1cccc(CCC2CCCN2C(=O)c2ccc(-c3ccc(=O)[nH]c3)cc2)c1.O=C(O)C(F)(F)F. The molecule has 8 nitrogen and oxygen atoms in total. The average molecular weight is 529 g/mol. The lowest BCUT2D eigenvalue weighted by Gasteiger charge is -2.25. The molecule has 38 heavy (non-hydrogen) atoms. The molecule has 1 unspecified atom stereocenters. The highest BCUT2D eigenvalue weighted by Crippen LogP contribution is 2.25. The number of carbonyl (C=O) groups is 2. The number of nitrogens with one attached hydrogen (secondary N) is 2. The van der Waals surface area contributed by atoms with Crippen molar-refractivity contribution in [2.75, 3.05) is 6.54 Å². The number of rotatable bonds is 6. The van der Waals surface area contributed by atoms with Gasteiger partial charge in [0.2, 0.25) is 5.56 Å². The van der Waals surface area contributed by atoms with Crippen molar-refractivity contribution >= 4 is 17.7 Å². The van der Waals surface area contributed by atoms with Crippen molar-refractivity contribution in [3.63, 3.8) is 0 Å². The third-order valence-corrected chi connectivity index (χ3v) is 6.13. The largest absolute Gasteiger partial charge is 0.490 e. The first-order valence-corrected chi connectivity index (χ1v) is 11.8. The topological polar surface area (TPSA) is 140 Å². The number of nitrogens with two attached hydrogens (primary N) is 1. The molecule has 4 rings (SSSR count). The number of aliphatic carboxylic acids is 1. The lowest BCUT2D eigenvalue weighted by atomic mass is 10.0. The van der Waals surface area contributed by atoms with Crippen LogP contribution in [0.5, 0.6) is 0 Å². The maximum absolute atomic E-state index is 13.1. The van der Waals surface area contributed by atoms with Crippen LogP contribution in [0.3, 0.4) is 0 Å². The maximum atomic E-state index is 13.1. The van der Waals surface area contributed by atoms with Crippen molar-refractivity contribution < 1.29 is 27.9 Å². The van der Waals surface area contributed by atoms with Crippen LogP contribution in [0.25, 0.3) is 11.1 Å². The Bertz CT molecular complexity index is 1330. The van der Waals surface area contributed by atoms with E-state index in [-0.39, 0.29) is 23.3 Å². The van der Waals surface area contributed by atoms with Crippen LogP contribution in [0.15, 0.2) is 71.7 Å². The number of benzene rings is 2. The number of pyridine rings is 1. The third kappa shape index (κ3) is 7.55. The van der Waals surface area contributed by atoms with E-state index in [2.05, 4.69) is 4.98 Å². The molecule has 0 saturated carbocycles. The van der Waals surface area contributed by atoms with Crippen molar-refractivity contribution in [1.29, 1.82) is 5.41 Å². The number of alkyl halides is 3. The van der Waals surface area contributed by atoms with E-state index >= 15 is 0 Å². The minimum absolute atomic E-state index is 0.0630. The van der Waals surface area contributed by atoms with E-state index in [1.54, 1.807) is 12.3 Å². The van der Waals surface area contributed by atoms with Crippen LogP contribution in [-0.4, -0.2) is 51.5 Å². The lowest BCUT2D eigenvalue weighted by molar-refractivity contribution is -0.192. The molecule has 2 heterocycles. The second kappa shape index (κ2) is 12.2. The number of aromatic amines is 1. The minimum Gasteiger partial charge on any atom is -0.475 e. The van der Waals surface area contributed by atoms with Crippen LogP contribution in [-0.2, 0) is 11.2 Å². The summed E-state index contributed by atoms with van der Waals surface area (Å²) in [5.41, 5.74) is 9.87. The Labute approximate surface area is 216 Å². The van der Waals surface area contributed by atoms with Gasteiger partial charge in [0.25, 0.3) is 5.91 Å². The number of aryl methyl sites for hydroxylation is 1. The molecule has 1 atom stereocenters. The molecule has 0 spiro atoms. The van der Waals surface area contributed by atoms with E-state index < -0.39 is 12.1 Å². The van der Waals surface area contributed by atoms with E-state index in [0.717, 1.165) is 54.5 Å². The number of amidine groups is 1. The molecule has 2 aromatic carbocycles. The highest BCUT2D eigenvalue weighted by atomic mass is 19.4. The number of carboxylic acids is 1. The first-order valence-electron chi connectivity index (χ1n) is 11.8. The molecule has 11 heteroatoms. The number of carbonyl (C=O) groups excluding carboxylic acids is 1. The van der Waals surface area contributed by atoms with E-state index in [4.69, 9.17) is 21.0 Å². The van der Waals surface area contributed by atoms with E-state index in [0.29, 0.717) is 5.56 Å². The predicted molar refractivity (Wildman–Crippen MR) is 136 cm³/mol. The van der Waals surface area contributed by atoms with E-state index in [1.807, 2.05) is 53.4 Å². The Morgan fingerprint density at radius 2 is 1.71 bits per heavy atom. The zero-order valence-electron chi connectivity index (χ0n) is 20.3. The molecule has 1 aliphatic rings. The molecule has 200 valence electrons. The number of likely N-dealkylation sites (tertiary alicyclic amines) is 1. The zero-order valence-corrected chi connectivity index (χ0v) is 20.3. The van der Waals surface area contributed by atoms with Crippen LogP contribution in [0.1, 0.15) is 40.7 Å². The van der Waals surface area contributed by atoms with Crippen LogP contribution in [0.4, 0.5) is 13.2 Å². The van der Waals surface area contributed by atoms with Crippen LogP contribution < -0.4 is 11.3 Å². The average Bonchev–Trinajstić information content (AvgIpc) is 3.36. The summed E-state index contributed by atoms with van der Waals surface area (Å²) < 4.78 is 31.7.